The Morgan fingerprint density at radius 1 is 1.33 bits per heavy atom. The van der Waals surface area contributed by atoms with Crippen LogP contribution in [-0.2, 0) is 0 Å². The van der Waals surface area contributed by atoms with Gasteiger partial charge in [-0.15, -0.1) is 6.58 Å². The molecule has 0 aliphatic heterocycles. The van der Waals surface area contributed by atoms with Crippen molar-refractivity contribution in [2.45, 2.75) is 38.6 Å². The van der Waals surface area contributed by atoms with Crippen LogP contribution >= 0.6 is 0 Å². The quantitative estimate of drug-likeness (QED) is 0.485. The van der Waals surface area contributed by atoms with E-state index in [9.17, 15) is 0 Å². The number of nitrogens with zero attached hydrogens (tertiary/aromatic N) is 1. The highest BCUT2D eigenvalue weighted by molar-refractivity contribution is 4.90. The van der Waals surface area contributed by atoms with Gasteiger partial charge in [0, 0.05) is 19.6 Å². The summed E-state index contributed by atoms with van der Waals surface area (Å²) < 4.78 is 0. The predicted octanol–water partition coefficient (Wildman–Crippen LogP) is 2.19. The van der Waals surface area contributed by atoms with Crippen LogP contribution in [0.3, 0.4) is 0 Å². The molecule has 0 rings (SSSR count). The van der Waals surface area contributed by atoms with E-state index >= 15 is 0 Å². The minimum Gasteiger partial charge on any atom is -0.250 e. The molecule has 0 radical (unpaired) electrons. The van der Waals surface area contributed by atoms with Crippen LogP contribution in [0.2, 0.25) is 0 Å². The summed E-state index contributed by atoms with van der Waals surface area (Å²) in [6.07, 6.45) is 5.28. The van der Waals surface area contributed by atoms with E-state index in [0.717, 1.165) is 19.3 Å². The molecule has 2 nitrogen and oxygen atoms in total. The molecule has 0 unspecified atom stereocenters. The Labute approximate surface area is 76.6 Å². The predicted molar refractivity (Wildman–Crippen MR) is 54.9 cm³/mol. The molecule has 0 spiro atoms. The highest BCUT2D eigenvalue weighted by Gasteiger charge is 2.24. The zero-order chi connectivity index (χ0) is 9.61. The van der Waals surface area contributed by atoms with Crippen LogP contribution in [0.15, 0.2) is 12.7 Å². The highest BCUT2D eigenvalue weighted by atomic mass is 15.5. The van der Waals surface area contributed by atoms with Gasteiger partial charge in [-0.05, 0) is 19.3 Å². The fourth-order valence-corrected chi connectivity index (χ4v) is 1.49. The molecule has 12 heavy (non-hydrogen) atoms. The minimum atomic E-state index is 0.214. The first-order chi connectivity index (χ1) is 5.60. The van der Waals surface area contributed by atoms with E-state index in [1.54, 1.807) is 0 Å². The highest BCUT2D eigenvalue weighted by Crippen LogP contribution is 2.19. The second-order valence-corrected chi connectivity index (χ2v) is 3.49. The Morgan fingerprint density at radius 2 is 1.83 bits per heavy atom. The molecule has 0 aromatic carbocycles. The normalized spacial score (nSPS) is 12.1. The summed E-state index contributed by atoms with van der Waals surface area (Å²) in [6.45, 7) is 8.21. The molecule has 0 fully saturated rings. The van der Waals surface area contributed by atoms with Crippen LogP contribution in [0.4, 0.5) is 0 Å². The third kappa shape index (κ3) is 3.37. The maximum Gasteiger partial charge on any atom is 0.0354 e. The number of nitrogens with one attached hydrogen (secondary N) is 1. The van der Waals surface area contributed by atoms with E-state index in [1.807, 2.05) is 25.2 Å². The van der Waals surface area contributed by atoms with Crippen LogP contribution in [0.5, 0.6) is 0 Å². The maximum absolute atomic E-state index is 3.79. The molecule has 2 heteroatoms. The van der Waals surface area contributed by atoms with Gasteiger partial charge < -0.3 is 0 Å². The molecule has 0 atom stereocenters. The minimum absolute atomic E-state index is 0.214. The first-order valence-corrected chi connectivity index (χ1v) is 4.66. The molecule has 0 aromatic heterocycles. The summed E-state index contributed by atoms with van der Waals surface area (Å²) in [5.74, 6) is 0. The van der Waals surface area contributed by atoms with Gasteiger partial charge in [-0.3, -0.25) is 5.01 Å². The number of hydrogen-bond donors (Lipinski definition) is 1. The van der Waals surface area contributed by atoms with Gasteiger partial charge in [0.1, 0.15) is 0 Å². The van der Waals surface area contributed by atoms with Crippen molar-refractivity contribution >= 4 is 0 Å². The van der Waals surface area contributed by atoms with Crippen molar-refractivity contribution < 1.29 is 0 Å². The fourth-order valence-electron chi connectivity index (χ4n) is 1.49. The first-order valence-electron chi connectivity index (χ1n) is 4.66. The summed E-state index contributed by atoms with van der Waals surface area (Å²) in [7, 11) is 4.06. The van der Waals surface area contributed by atoms with Crippen molar-refractivity contribution in [1.29, 1.82) is 0 Å². The van der Waals surface area contributed by atoms with Gasteiger partial charge in [-0.1, -0.05) is 19.9 Å². The molecular formula is C10H22N2. The Kier molecular flexibility index (Phi) is 5.18. The van der Waals surface area contributed by atoms with Crippen molar-refractivity contribution in [3.8, 4) is 0 Å². The first kappa shape index (κ1) is 11.7. The Balaban J connectivity index is 4.23. The lowest BCUT2D eigenvalue weighted by atomic mass is 9.90. The van der Waals surface area contributed by atoms with Crippen LogP contribution in [0.25, 0.3) is 0 Å². The average molecular weight is 170 g/mol. The van der Waals surface area contributed by atoms with Crippen molar-refractivity contribution in [2.24, 2.45) is 0 Å². The summed E-state index contributed by atoms with van der Waals surface area (Å²) >= 11 is 0. The topological polar surface area (TPSA) is 15.3 Å². The molecule has 0 saturated heterocycles. The Bertz CT molecular complexity index is 126. The molecule has 0 saturated carbocycles. The van der Waals surface area contributed by atoms with E-state index in [4.69, 9.17) is 0 Å². The van der Waals surface area contributed by atoms with Gasteiger partial charge in [0.2, 0.25) is 0 Å². The lowest BCUT2D eigenvalue weighted by Gasteiger charge is -2.35. The second kappa shape index (κ2) is 5.33. The molecule has 0 bridgehead atoms. The van der Waals surface area contributed by atoms with E-state index in [0.29, 0.717) is 0 Å². The van der Waals surface area contributed by atoms with Gasteiger partial charge in [-0.25, -0.2) is 5.43 Å². The largest absolute Gasteiger partial charge is 0.250 e. The lowest BCUT2D eigenvalue weighted by molar-refractivity contribution is 0.148. The second-order valence-electron chi connectivity index (χ2n) is 3.49. The van der Waals surface area contributed by atoms with Crippen LogP contribution < -0.4 is 5.43 Å². The summed E-state index contributed by atoms with van der Waals surface area (Å²) in [5.41, 5.74) is 3.67. The van der Waals surface area contributed by atoms with Crippen LogP contribution in [0, 0.1) is 0 Å². The molecule has 0 aliphatic rings. The molecular weight excluding hydrogens is 148 g/mol. The Hall–Kier alpha value is -0.340. The standard InChI is InChI=1S/C10H22N2/c1-6-9-10(7-2,8-3)11-12(4)5/h6,11H,1,7-9H2,2-5H3. The van der Waals surface area contributed by atoms with Crippen molar-refractivity contribution in [1.82, 2.24) is 10.4 Å². The molecule has 72 valence electrons. The van der Waals surface area contributed by atoms with Crippen molar-refractivity contribution in [2.75, 3.05) is 14.1 Å². The average Bonchev–Trinajstić information content (AvgIpc) is 2.03. The SMILES string of the molecule is C=CCC(CC)(CC)NN(C)C. The zero-order valence-electron chi connectivity index (χ0n) is 8.85. The number of hydrazine groups is 1. The number of hydrogen-bond acceptors (Lipinski definition) is 2. The Morgan fingerprint density at radius 3 is 2.08 bits per heavy atom. The van der Waals surface area contributed by atoms with E-state index in [-0.39, 0.29) is 5.54 Å². The smallest absolute Gasteiger partial charge is 0.0354 e. The molecule has 0 aromatic rings. The van der Waals surface area contributed by atoms with Crippen LogP contribution in [-0.4, -0.2) is 24.6 Å². The summed E-state index contributed by atoms with van der Waals surface area (Å²) in [4.78, 5) is 0. The molecule has 0 heterocycles. The van der Waals surface area contributed by atoms with Gasteiger partial charge in [0.15, 0.2) is 0 Å². The van der Waals surface area contributed by atoms with Gasteiger partial charge >= 0.3 is 0 Å². The molecule has 0 aliphatic carbocycles. The molecule has 0 amide bonds. The van der Waals surface area contributed by atoms with Gasteiger partial charge in [0.25, 0.3) is 0 Å². The van der Waals surface area contributed by atoms with E-state index in [1.165, 1.54) is 0 Å². The monoisotopic (exact) mass is 170 g/mol. The van der Waals surface area contributed by atoms with Crippen molar-refractivity contribution in [3.63, 3.8) is 0 Å². The maximum atomic E-state index is 3.79. The summed E-state index contributed by atoms with van der Waals surface area (Å²) in [5, 5.41) is 2.02. The fraction of sp³-hybridized carbons (Fsp3) is 0.800. The van der Waals surface area contributed by atoms with Crippen molar-refractivity contribution in [3.05, 3.63) is 12.7 Å². The lowest BCUT2D eigenvalue weighted by Crippen LogP contribution is -2.50. The van der Waals surface area contributed by atoms with E-state index in [2.05, 4.69) is 25.9 Å². The zero-order valence-corrected chi connectivity index (χ0v) is 8.85. The van der Waals surface area contributed by atoms with Gasteiger partial charge in [-0.2, -0.15) is 0 Å². The summed E-state index contributed by atoms with van der Waals surface area (Å²) in [6, 6.07) is 0. The molecule has 1 N–H and O–H groups in total. The van der Waals surface area contributed by atoms with Crippen LogP contribution in [0.1, 0.15) is 33.1 Å². The third-order valence-corrected chi connectivity index (χ3v) is 2.35. The van der Waals surface area contributed by atoms with E-state index < -0.39 is 0 Å². The number of rotatable bonds is 6. The van der Waals surface area contributed by atoms with Gasteiger partial charge in [0.05, 0.1) is 0 Å². The third-order valence-electron chi connectivity index (χ3n) is 2.35.